The summed E-state index contributed by atoms with van der Waals surface area (Å²) in [5, 5.41) is 2.82. The summed E-state index contributed by atoms with van der Waals surface area (Å²) < 4.78 is 13.7. The number of carbonyl (C=O) groups is 1. The molecule has 17 heavy (non-hydrogen) atoms. The van der Waals surface area contributed by atoms with Crippen molar-refractivity contribution < 1.29 is 9.18 Å². The van der Waals surface area contributed by atoms with E-state index >= 15 is 0 Å². The first-order valence-corrected chi connectivity index (χ1v) is 5.80. The van der Waals surface area contributed by atoms with Gasteiger partial charge in [-0.25, -0.2) is 4.39 Å². The standard InChI is InChI=1S/C13H19FN2O/c1-4-12(17)16-13(8(2)3)10-7-9(15)5-6-11(10)14/h5-8,13H,4,15H2,1-3H3,(H,16,17). The minimum absolute atomic E-state index is 0.0921. The van der Waals surface area contributed by atoms with Crippen LogP contribution in [0.1, 0.15) is 38.8 Å². The van der Waals surface area contributed by atoms with Crippen molar-refractivity contribution in [1.82, 2.24) is 5.32 Å². The number of hydrogen-bond donors (Lipinski definition) is 2. The molecule has 0 spiro atoms. The quantitative estimate of drug-likeness (QED) is 0.792. The van der Waals surface area contributed by atoms with E-state index in [4.69, 9.17) is 5.73 Å². The molecular formula is C13H19FN2O. The monoisotopic (exact) mass is 238 g/mol. The van der Waals surface area contributed by atoms with Crippen LogP contribution in [-0.4, -0.2) is 5.91 Å². The zero-order valence-corrected chi connectivity index (χ0v) is 10.5. The van der Waals surface area contributed by atoms with Gasteiger partial charge < -0.3 is 11.1 Å². The molecule has 1 aromatic carbocycles. The third kappa shape index (κ3) is 3.44. The Hall–Kier alpha value is -1.58. The molecule has 0 aliphatic carbocycles. The molecule has 0 saturated heterocycles. The lowest BCUT2D eigenvalue weighted by Crippen LogP contribution is -2.31. The van der Waals surface area contributed by atoms with Crippen molar-refractivity contribution in [3.63, 3.8) is 0 Å². The van der Waals surface area contributed by atoms with E-state index in [2.05, 4.69) is 5.32 Å². The lowest BCUT2D eigenvalue weighted by Gasteiger charge is -2.23. The molecule has 94 valence electrons. The van der Waals surface area contributed by atoms with Crippen molar-refractivity contribution in [3.8, 4) is 0 Å². The van der Waals surface area contributed by atoms with Crippen molar-refractivity contribution in [2.24, 2.45) is 5.92 Å². The van der Waals surface area contributed by atoms with E-state index in [-0.39, 0.29) is 23.7 Å². The highest BCUT2D eigenvalue weighted by atomic mass is 19.1. The van der Waals surface area contributed by atoms with Crippen LogP contribution in [0.25, 0.3) is 0 Å². The normalized spacial score (nSPS) is 12.5. The summed E-state index contributed by atoms with van der Waals surface area (Å²) in [6.45, 7) is 5.63. The highest BCUT2D eigenvalue weighted by molar-refractivity contribution is 5.76. The first-order valence-electron chi connectivity index (χ1n) is 5.80. The number of nitrogen functional groups attached to an aromatic ring is 1. The second-order valence-corrected chi connectivity index (χ2v) is 4.42. The fraction of sp³-hybridized carbons (Fsp3) is 0.462. The first kappa shape index (κ1) is 13.5. The van der Waals surface area contributed by atoms with Crippen molar-refractivity contribution >= 4 is 11.6 Å². The molecule has 3 nitrogen and oxygen atoms in total. The molecule has 1 amide bonds. The fourth-order valence-electron chi connectivity index (χ4n) is 1.68. The van der Waals surface area contributed by atoms with Crippen LogP contribution in [0.3, 0.4) is 0 Å². The summed E-state index contributed by atoms with van der Waals surface area (Å²) in [6, 6.07) is 4.08. The number of benzene rings is 1. The lowest BCUT2D eigenvalue weighted by molar-refractivity contribution is -0.121. The number of nitrogens with one attached hydrogen (secondary N) is 1. The van der Waals surface area contributed by atoms with Crippen LogP contribution in [0.2, 0.25) is 0 Å². The predicted molar refractivity (Wildman–Crippen MR) is 66.8 cm³/mol. The van der Waals surface area contributed by atoms with Gasteiger partial charge in [0.05, 0.1) is 6.04 Å². The van der Waals surface area contributed by atoms with E-state index in [1.165, 1.54) is 12.1 Å². The summed E-state index contributed by atoms with van der Waals surface area (Å²) in [5.41, 5.74) is 6.59. The topological polar surface area (TPSA) is 55.1 Å². The van der Waals surface area contributed by atoms with E-state index < -0.39 is 0 Å². The molecule has 1 rings (SSSR count). The zero-order chi connectivity index (χ0) is 13.0. The minimum Gasteiger partial charge on any atom is -0.399 e. The van der Waals surface area contributed by atoms with E-state index in [9.17, 15) is 9.18 Å². The second kappa shape index (κ2) is 5.66. The van der Waals surface area contributed by atoms with Gasteiger partial charge in [0.1, 0.15) is 5.82 Å². The zero-order valence-electron chi connectivity index (χ0n) is 10.5. The van der Waals surface area contributed by atoms with E-state index in [1.54, 1.807) is 13.0 Å². The Morgan fingerprint density at radius 3 is 2.65 bits per heavy atom. The van der Waals surface area contributed by atoms with Crippen molar-refractivity contribution in [2.45, 2.75) is 33.2 Å². The summed E-state index contributed by atoms with van der Waals surface area (Å²) >= 11 is 0. The Morgan fingerprint density at radius 2 is 2.12 bits per heavy atom. The summed E-state index contributed by atoms with van der Waals surface area (Å²) in [7, 11) is 0. The maximum Gasteiger partial charge on any atom is 0.220 e. The molecule has 0 aliphatic rings. The molecule has 1 aromatic rings. The molecule has 0 heterocycles. The molecule has 0 bridgehead atoms. The molecule has 0 radical (unpaired) electrons. The maximum absolute atomic E-state index is 13.7. The van der Waals surface area contributed by atoms with Gasteiger partial charge in [-0.1, -0.05) is 20.8 Å². The number of halogens is 1. The Bertz CT molecular complexity index is 404. The summed E-state index contributed by atoms with van der Waals surface area (Å²) in [5.74, 6) is -0.332. The van der Waals surface area contributed by atoms with Crippen LogP contribution in [0.4, 0.5) is 10.1 Å². The van der Waals surface area contributed by atoms with Gasteiger partial charge in [-0.05, 0) is 24.1 Å². The third-order valence-electron chi connectivity index (χ3n) is 2.66. The van der Waals surface area contributed by atoms with E-state index in [0.717, 1.165) is 0 Å². The highest BCUT2D eigenvalue weighted by Crippen LogP contribution is 2.26. The van der Waals surface area contributed by atoms with Gasteiger partial charge in [-0.2, -0.15) is 0 Å². The van der Waals surface area contributed by atoms with Crippen molar-refractivity contribution in [1.29, 1.82) is 0 Å². The molecule has 1 atom stereocenters. The van der Waals surface area contributed by atoms with Crippen LogP contribution < -0.4 is 11.1 Å². The second-order valence-electron chi connectivity index (χ2n) is 4.42. The molecule has 3 N–H and O–H groups in total. The third-order valence-corrected chi connectivity index (χ3v) is 2.66. The average molecular weight is 238 g/mol. The molecule has 0 fully saturated rings. The smallest absolute Gasteiger partial charge is 0.220 e. The fourth-order valence-corrected chi connectivity index (χ4v) is 1.68. The van der Waals surface area contributed by atoms with Crippen LogP contribution in [0.5, 0.6) is 0 Å². The van der Waals surface area contributed by atoms with Crippen LogP contribution >= 0.6 is 0 Å². The molecule has 0 aliphatic heterocycles. The van der Waals surface area contributed by atoms with Crippen molar-refractivity contribution in [2.75, 3.05) is 5.73 Å². The lowest BCUT2D eigenvalue weighted by atomic mass is 9.95. The SMILES string of the molecule is CCC(=O)NC(c1cc(N)ccc1F)C(C)C. The summed E-state index contributed by atoms with van der Waals surface area (Å²) in [6.07, 6.45) is 0.382. The van der Waals surface area contributed by atoms with Gasteiger partial charge in [0.15, 0.2) is 0 Å². The molecule has 0 aromatic heterocycles. The van der Waals surface area contributed by atoms with Crippen LogP contribution in [0, 0.1) is 11.7 Å². The number of nitrogens with two attached hydrogens (primary N) is 1. The molecule has 0 saturated carbocycles. The highest BCUT2D eigenvalue weighted by Gasteiger charge is 2.21. The Morgan fingerprint density at radius 1 is 1.47 bits per heavy atom. The number of hydrogen-bond acceptors (Lipinski definition) is 2. The number of rotatable bonds is 4. The van der Waals surface area contributed by atoms with Gasteiger partial charge in [0.25, 0.3) is 0 Å². The van der Waals surface area contributed by atoms with E-state index in [1.807, 2.05) is 13.8 Å². The Balaban J connectivity index is 3.05. The van der Waals surface area contributed by atoms with Gasteiger partial charge in [0.2, 0.25) is 5.91 Å². The van der Waals surface area contributed by atoms with Gasteiger partial charge >= 0.3 is 0 Å². The van der Waals surface area contributed by atoms with Gasteiger partial charge in [0, 0.05) is 17.7 Å². The van der Waals surface area contributed by atoms with Crippen LogP contribution in [-0.2, 0) is 4.79 Å². The Labute approximate surface area is 101 Å². The number of carbonyl (C=O) groups excluding carboxylic acids is 1. The van der Waals surface area contributed by atoms with Crippen molar-refractivity contribution in [3.05, 3.63) is 29.6 Å². The first-order chi connectivity index (χ1) is 7.95. The number of anilines is 1. The Kier molecular flexibility index (Phi) is 4.49. The molecule has 1 unspecified atom stereocenters. The summed E-state index contributed by atoms with van der Waals surface area (Å²) in [4.78, 5) is 11.4. The van der Waals surface area contributed by atoms with Crippen LogP contribution in [0.15, 0.2) is 18.2 Å². The van der Waals surface area contributed by atoms with Gasteiger partial charge in [-0.3, -0.25) is 4.79 Å². The molecular weight excluding hydrogens is 219 g/mol. The maximum atomic E-state index is 13.7. The predicted octanol–water partition coefficient (Wildman–Crippen LogP) is 2.63. The van der Waals surface area contributed by atoms with E-state index in [0.29, 0.717) is 17.7 Å². The largest absolute Gasteiger partial charge is 0.399 e. The number of amides is 1. The average Bonchev–Trinajstić information content (AvgIpc) is 2.28. The molecule has 4 heteroatoms. The van der Waals surface area contributed by atoms with Gasteiger partial charge in [-0.15, -0.1) is 0 Å². The minimum atomic E-state index is -0.342.